The molecule has 0 spiro atoms. The van der Waals surface area contributed by atoms with E-state index in [9.17, 15) is 4.79 Å². The molecule has 0 radical (unpaired) electrons. The summed E-state index contributed by atoms with van der Waals surface area (Å²) in [5.74, 6) is 0.0386. The molecule has 0 fully saturated rings. The number of halogens is 1. The zero-order valence-corrected chi connectivity index (χ0v) is 9.98. The first-order valence-electron chi connectivity index (χ1n) is 5.13. The van der Waals surface area contributed by atoms with E-state index in [0.29, 0.717) is 22.0 Å². The molecule has 5 heteroatoms. The second-order valence-corrected chi connectivity index (χ2v) is 3.89. The summed E-state index contributed by atoms with van der Waals surface area (Å²) < 4.78 is 0. The Bertz CT molecular complexity index is 617. The number of anilines is 1. The Morgan fingerprint density at radius 1 is 1.28 bits per heavy atom. The van der Waals surface area contributed by atoms with Gasteiger partial charge in [-0.1, -0.05) is 23.7 Å². The molecule has 1 aromatic heterocycles. The van der Waals surface area contributed by atoms with Crippen molar-refractivity contribution in [2.75, 3.05) is 5.32 Å². The monoisotopic (exact) mass is 257 g/mol. The van der Waals surface area contributed by atoms with Gasteiger partial charge in [0.2, 0.25) is 0 Å². The minimum atomic E-state index is -0.335. The van der Waals surface area contributed by atoms with Crippen molar-refractivity contribution < 1.29 is 4.79 Å². The number of carbonyl (C=O) groups is 1. The molecular formula is C13H8ClN3O. The summed E-state index contributed by atoms with van der Waals surface area (Å²) in [7, 11) is 0. The normalized spacial score (nSPS) is 9.56. The molecular weight excluding hydrogens is 250 g/mol. The van der Waals surface area contributed by atoms with Crippen LogP contribution in [0.4, 0.5) is 5.82 Å². The van der Waals surface area contributed by atoms with Crippen LogP contribution in [0.1, 0.15) is 15.9 Å². The Balaban J connectivity index is 2.17. The van der Waals surface area contributed by atoms with Crippen LogP contribution in [0.15, 0.2) is 42.6 Å². The summed E-state index contributed by atoms with van der Waals surface area (Å²) in [6.07, 6.45) is 1.39. The molecule has 0 aliphatic heterocycles. The van der Waals surface area contributed by atoms with Gasteiger partial charge in [-0.3, -0.25) is 4.79 Å². The lowest BCUT2D eigenvalue weighted by Crippen LogP contribution is -2.13. The maximum Gasteiger partial charge on any atom is 0.258 e. The maximum atomic E-state index is 11.9. The van der Waals surface area contributed by atoms with Gasteiger partial charge in [0.05, 0.1) is 16.1 Å². The zero-order chi connectivity index (χ0) is 13.0. The van der Waals surface area contributed by atoms with Crippen molar-refractivity contribution in [1.29, 1.82) is 5.26 Å². The van der Waals surface area contributed by atoms with E-state index in [0.717, 1.165) is 0 Å². The molecule has 0 unspecified atom stereocenters. The average Bonchev–Trinajstić information content (AvgIpc) is 2.40. The van der Waals surface area contributed by atoms with Crippen molar-refractivity contribution in [3.63, 3.8) is 0 Å². The van der Waals surface area contributed by atoms with E-state index in [-0.39, 0.29) is 5.91 Å². The van der Waals surface area contributed by atoms with E-state index < -0.39 is 0 Å². The fourth-order valence-electron chi connectivity index (χ4n) is 1.36. The van der Waals surface area contributed by atoms with Gasteiger partial charge in [0, 0.05) is 6.20 Å². The summed E-state index contributed by atoms with van der Waals surface area (Å²) in [4.78, 5) is 15.8. The Hall–Kier alpha value is -2.38. The molecule has 0 aliphatic rings. The number of amides is 1. The molecule has 88 valence electrons. The highest BCUT2D eigenvalue weighted by atomic mass is 35.5. The lowest BCUT2D eigenvalue weighted by Gasteiger charge is -2.05. The Morgan fingerprint density at radius 2 is 2.06 bits per heavy atom. The molecule has 2 aromatic rings. The third-order valence-electron chi connectivity index (χ3n) is 2.25. The standard InChI is InChI=1S/C13H8ClN3O/c14-11-4-2-1-3-10(11)13(18)17-12-6-5-9(7-15)8-16-12/h1-6,8H,(H,16,17,18). The van der Waals surface area contributed by atoms with E-state index in [1.807, 2.05) is 6.07 Å². The van der Waals surface area contributed by atoms with Crippen LogP contribution < -0.4 is 5.32 Å². The van der Waals surface area contributed by atoms with E-state index in [4.69, 9.17) is 16.9 Å². The first-order chi connectivity index (χ1) is 8.70. The van der Waals surface area contributed by atoms with Crippen LogP contribution in [0, 0.1) is 11.3 Å². The largest absolute Gasteiger partial charge is 0.307 e. The van der Waals surface area contributed by atoms with Gasteiger partial charge < -0.3 is 5.32 Å². The van der Waals surface area contributed by atoms with Crippen molar-refractivity contribution in [2.45, 2.75) is 0 Å². The second kappa shape index (κ2) is 5.30. The molecule has 1 heterocycles. The smallest absolute Gasteiger partial charge is 0.258 e. The van der Waals surface area contributed by atoms with Crippen LogP contribution in [-0.2, 0) is 0 Å². The summed E-state index contributed by atoms with van der Waals surface area (Å²) >= 11 is 5.91. The minimum Gasteiger partial charge on any atom is -0.307 e. The van der Waals surface area contributed by atoms with Gasteiger partial charge in [-0.2, -0.15) is 5.26 Å². The van der Waals surface area contributed by atoms with Crippen LogP contribution in [0.5, 0.6) is 0 Å². The molecule has 0 saturated heterocycles. The number of carbonyl (C=O) groups excluding carboxylic acids is 1. The highest BCUT2D eigenvalue weighted by molar-refractivity contribution is 6.34. The molecule has 0 saturated carbocycles. The third-order valence-corrected chi connectivity index (χ3v) is 2.58. The number of nitrogens with zero attached hydrogens (tertiary/aromatic N) is 2. The van der Waals surface area contributed by atoms with Gasteiger partial charge in [-0.15, -0.1) is 0 Å². The highest BCUT2D eigenvalue weighted by Gasteiger charge is 2.09. The number of hydrogen-bond acceptors (Lipinski definition) is 3. The second-order valence-electron chi connectivity index (χ2n) is 3.48. The molecule has 1 N–H and O–H groups in total. The fraction of sp³-hybridized carbons (Fsp3) is 0. The molecule has 0 bridgehead atoms. The van der Waals surface area contributed by atoms with Crippen molar-refractivity contribution in [2.24, 2.45) is 0 Å². The molecule has 4 nitrogen and oxygen atoms in total. The minimum absolute atomic E-state index is 0.335. The Kier molecular flexibility index (Phi) is 3.56. The maximum absolute atomic E-state index is 11.9. The Morgan fingerprint density at radius 3 is 2.67 bits per heavy atom. The summed E-state index contributed by atoms with van der Waals surface area (Å²) in [6.45, 7) is 0. The molecule has 2 rings (SSSR count). The number of hydrogen-bond donors (Lipinski definition) is 1. The van der Waals surface area contributed by atoms with E-state index in [1.54, 1.807) is 36.4 Å². The van der Waals surface area contributed by atoms with Gasteiger partial charge in [0.15, 0.2) is 0 Å². The van der Waals surface area contributed by atoms with Gasteiger partial charge in [0.25, 0.3) is 5.91 Å². The predicted molar refractivity (Wildman–Crippen MR) is 68.4 cm³/mol. The van der Waals surface area contributed by atoms with Crippen molar-refractivity contribution in [3.05, 3.63) is 58.7 Å². The fourth-order valence-corrected chi connectivity index (χ4v) is 1.58. The van der Waals surface area contributed by atoms with Crippen molar-refractivity contribution in [3.8, 4) is 6.07 Å². The average molecular weight is 258 g/mol. The number of aromatic nitrogens is 1. The van der Waals surface area contributed by atoms with Crippen LogP contribution >= 0.6 is 11.6 Å². The summed E-state index contributed by atoms with van der Waals surface area (Å²) in [5.41, 5.74) is 0.816. The Labute approximate surface area is 109 Å². The first-order valence-corrected chi connectivity index (χ1v) is 5.50. The van der Waals surface area contributed by atoms with Gasteiger partial charge >= 0.3 is 0 Å². The quantitative estimate of drug-likeness (QED) is 0.900. The van der Waals surface area contributed by atoms with Crippen LogP contribution in [0.3, 0.4) is 0 Å². The van der Waals surface area contributed by atoms with E-state index >= 15 is 0 Å². The molecule has 0 atom stereocenters. The number of benzene rings is 1. The third kappa shape index (κ3) is 2.65. The summed E-state index contributed by atoms with van der Waals surface area (Å²) in [6, 6.07) is 11.8. The SMILES string of the molecule is N#Cc1ccc(NC(=O)c2ccccc2Cl)nc1. The number of rotatable bonds is 2. The number of nitrogens with one attached hydrogen (secondary N) is 1. The lowest BCUT2D eigenvalue weighted by atomic mass is 10.2. The topological polar surface area (TPSA) is 65.8 Å². The van der Waals surface area contributed by atoms with E-state index in [1.165, 1.54) is 6.20 Å². The van der Waals surface area contributed by atoms with Gasteiger partial charge in [0.1, 0.15) is 11.9 Å². The number of nitriles is 1. The zero-order valence-electron chi connectivity index (χ0n) is 9.22. The van der Waals surface area contributed by atoms with Crippen molar-refractivity contribution in [1.82, 2.24) is 4.98 Å². The van der Waals surface area contributed by atoms with Crippen LogP contribution in [-0.4, -0.2) is 10.9 Å². The molecule has 1 aromatic carbocycles. The lowest BCUT2D eigenvalue weighted by molar-refractivity contribution is 0.102. The van der Waals surface area contributed by atoms with Gasteiger partial charge in [-0.05, 0) is 24.3 Å². The molecule has 18 heavy (non-hydrogen) atoms. The van der Waals surface area contributed by atoms with Crippen molar-refractivity contribution >= 4 is 23.3 Å². The van der Waals surface area contributed by atoms with Gasteiger partial charge in [-0.25, -0.2) is 4.98 Å². The summed E-state index contributed by atoms with van der Waals surface area (Å²) in [5, 5.41) is 11.6. The highest BCUT2D eigenvalue weighted by Crippen LogP contribution is 2.16. The molecule has 1 amide bonds. The van der Waals surface area contributed by atoms with Crippen LogP contribution in [0.25, 0.3) is 0 Å². The molecule has 0 aliphatic carbocycles. The van der Waals surface area contributed by atoms with E-state index in [2.05, 4.69) is 10.3 Å². The van der Waals surface area contributed by atoms with Crippen LogP contribution in [0.2, 0.25) is 5.02 Å². The first kappa shape index (κ1) is 12.1. The number of pyridine rings is 1. The predicted octanol–water partition coefficient (Wildman–Crippen LogP) is 2.86.